The van der Waals surface area contributed by atoms with Crippen molar-refractivity contribution in [2.75, 3.05) is 6.61 Å². The summed E-state index contributed by atoms with van der Waals surface area (Å²) in [5.41, 5.74) is 0.320. The van der Waals surface area contributed by atoms with E-state index in [4.69, 9.17) is 4.74 Å². The number of carbonyl (C=O) groups is 3. The molecule has 9 heteroatoms. The topological polar surface area (TPSA) is 107 Å². The zero-order valence-electron chi connectivity index (χ0n) is 14.1. The van der Waals surface area contributed by atoms with Crippen LogP contribution >= 0.6 is 11.3 Å². The number of esters is 1. The Morgan fingerprint density at radius 2 is 1.96 bits per heavy atom. The maximum Gasteiger partial charge on any atom is 0.308 e. The highest BCUT2D eigenvalue weighted by molar-refractivity contribution is 7.12. The summed E-state index contributed by atoms with van der Waals surface area (Å²) in [4.78, 5) is 52.0. The van der Waals surface area contributed by atoms with Crippen LogP contribution in [-0.2, 0) is 20.9 Å². The zero-order valence-corrected chi connectivity index (χ0v) is 14.9. The smallest absolute Gasteiger partial charge is 0.308 e. The van der Waals surface area contributed by atoms with Gasteiger partial charge in [-0.15, -0.1) is 11.3 Å². The van der Waals surface area contributed by atoms with Gasteiger partial charge in [0.15, 0.2) is 6.61 Å². The Morgan fingerprint density at radius 3 is 2.74 bits per heavy atom. The van der Waals surface area contributed by atoms with Gasteiger partial charge in [0.25, 0.3) is 17.4 Å². The van der Waals surface area contributed by atoms with E-state index in [1.807, 2.05) is 0 Å². The number of carbonyl (C=O) groups excluding carboxylic acids is 3. The van der Waals surface area contributed by atoms with Gasteiger partial charge >= 0.3 is 5.97 Å². The lowest BCUT2D eigenvalue weighted by atomic mass is 10.2. The number of thiophene rings is 1. The van der Waals surface area contributed by atoms with Gasteiger partial charge in [-0.05, 0) is 23.6 Å². The second-order valence-electron chi connectivity index (χ2n) is 5.53. The Labute approximate surface area is 157 Å². The second-order valence-corrected chi connectivity index (χ2v) is 6.47. The predicted octanol–water partition coefficient (Wildman–Crippen LogP) is 1.35. The number of imide groups is 1. The largest absolute Gasteiger partial charge is 0.456 e. The number of nitrogens with one attached hydrogen (secondary N) is 1. The molecule has 0 aliphatic heterocycles. The fourth-order valence-electron chi connectivity index (χ4n) is 2.33. The lowest BCUT2D eigenvalue weighted by Gasteiger charge is -2.07. The number of hydrogen-bond acceptors (Lipinski definition) is 7. The third-order valence-corrected chi connectivity index (χ3v) is 4.52. The number of rotatable bonds is 6. The average Bonchev–Trinajstić information content (AvgIpc) is 3.21. The summed E-state index contributed by atoms with van der Waals surface area (Å²) in [5, 5.41) is 4.30. The number of benzene rings is 1. The third-order valence-electron chi connectivity index (χ3n) is 3.65. The van der Waals surface area contributed by atoms with E-state index in [1.165, 1.54) is 22.2 Å². The van der Waals surface area contributed by atoms with Crippen LogP contribution in [0.4, 0.5) is 0 Å². The average molecular weight is 385 g/mol. The normalized spacial score (nSPS) is 10.5. The summed E-state index contributed by atoms with van der Waals surface area (Å²) in [6.45, 7) is -0.494. The minimum Gasteiger partial charge on any atom is -0.456 e. The Balaban J connectivity index is 1.48. The summed E-state index contributed by atoms with van der Waals surface area (Å²) in [6.07, 6.45) is 1.26. The molecule has 3 aromatic rings. The molecule has 27 heavy (non-hydrogen) atoms. The van der Waals surface area contributed by atoms with Crippen molar-refractivity contribution in [3.8, 4) is 0 Å². The summed E-state index contributed by atoms with van der Waals surface area (Å²) >= 11 is 1.19. The molecule has 8 nitrogen and oxygen atoms in total. The lowest BCUT2D eigenvalue weighted by molar-refractivity contribution is -0.148. The van der Waals surface area contributed by atoms with Gasteiger partial charge in [0.05, 0.1) is 28.5 Å². The van der Waals surface area contributed by atoms with Crippen LogP contribution in [0.2, 0.25) is 0 Å². The molecule has 2 amide bonds. The highest BCUT2D eigenvalue weighted by Gasteiger charge is 2.13. The van der Waals surface area contributed by atoms with Crippen LogP contribution < -0.4 is 10.9 Å². The Kier molecular flexibility index (Phi) is 5.72. The molecule has 0 bridgehead atoms. The molecule has 1 N–H and O–H groups in total. The molecule has 0 radical (unpaired) electrons. The Bertz CT molecular complexity index is 1040. The minimum absolute atomic E-state index is 0.0746. The first-order valence-corrected chi connectivity index (χ1v) is 8.90. The molecular formula is C18H15N3O5S. The monoisotopic (exact) mass is 385 g/mol. The molecule has 2 heterocycles. The van der Waals surface area contributed by atoms with Crippen molar-refractivity contribution in [2.24, 2.45) is 0 Å². The van der Waals surface area contributed by atoms with E-state index in [-0.39, 0.29) is 18.5 Å². The number of amides is 2. The molecule has 138 valence electrons. The summed E-state index contributed by atoms with van der Waals surface area (Å²) in [5.74, 6) is -1.92. The van der Waals surface area contributed by atoms with Crippen molar-refractivity contribution >= 4 is 40.0 Å². The number of aryl methyl sites for hydroxylation is 1. The first-order chi connectivity index (χ1) is 13.0. The highest BCUT2D eigenvalue weighted by atomic mass is 32.1. The van der Waals surface area contributed by atoms with E-state index in [1.54, 1.807) is 41.8 Å². The number of para-hydroxylation sites is 1. The molecule has 2 aromatic heterocycles. The van der Waals surface area contributed by atoms with Crippen molar-refractivity contribution < 1.29 is 19.1 Å². The van der Waals surface area contributed by atoms with Crippen LogP contribution in [0.1, 0.15) is 16.1 Å². The zero-order chi connectivity index (χ0) is 19.2. The molecule has 0 saturated heterocycles. The fraction of sp³-hybridized carbons (Fsp3) is 0.167. The van der Waals surface area contributed by atoms with Crippen molar-refractivity contribution in [3.63, 3.8) is 0 Å². The first-order valence-electron chi connectivity index (χ1n) is 8.02. The summed E-state index contributed by atoms with van der Waals surface area (Å²) in [7, 11) is 0. The van der Waals surface area contributed by atoms with Gasteiger partial charge in [-0.2, -0.15) is 0 Å². The summed E-state index contributed by atoms with van der Waals surface area (Å²) in [6, 6.07) is 10.2. The van der Waals surface area contributed by atoms with E-state index >= 15 is 0 Å². The number of nitrogens with zero attached hydrogens (tertiary/aromatic N) is 2. The van der Waals surface area contributed by atoms with Crippen molar-refractivity contribution in [2.45, 2.75) is 13.0 Å². The SMILES string of the molecule is O=C(COC(=O)CCn1cnc2ccccc2c1=O)NC(=O)c1cccs1. The summed E-state index contributed by atoms with van der Waals surface area (Å²) < 4.78 is 6.15. The van der Waals surface area contributed by atoms with Crippen LogP contribution in [0.5, 0.6) is 0 Å². The van der Waals surface area contributed by atoms with E-state index in [0.717, 1.165) is 0 Å². The molecule has 0 saturated carbocycles. The molecule has 0 aliphatic rings. The van der Waals surface area contributed by atoms with Crippen LogP contribution in [0, 0.1) is 0 Å². The Hall–Kier alpha value is -3.33. The second kappa shape index (κ2) is 8.37. The molecule has 0 fully saturated rings. The van der Waals surface area contributed by atoms with Crippen molar-refractivity contribution in [1.82, 2.24) is 14.9 Å². The van der Waals surface area contributed by atoms with E-state index in [0.29, 0.717) is 15.8 Å². The number of fused-ring (bicyclic) bond motifs is 1. The van der Waals surface area contributed by atoms with Gasteiger partial charge in [-0.1, -0.05) is 18.2 Å². The maximum absolute atomic E-state index is 12.3. The van der Waals surface area contributed by atoms with Crippen LogP contribution in [0.15, 0.2) is 52.9 Å². The van der Waals surface area contributed by atoms with Gasteiger partial charge in [0, 0.05) is 6.54 Å². The number of ether oxygens (including phenoxy) is 1. The molecule has 1 aromatic carbocycles. The quantitative estimate of drug-likeness (QED) is 0.642. The van der Waals surface area contributed by atoms with E-state index in [2.05, 4.69) is 10.3 Å². The van der Waals surface area contributed by atoms with Gasteiger partial charge in [0.1, 0.15) is 0 Å². The van der Waals surface area contributed by atoms with Crippen LogP contribution in [0.25, 0.3) is 10.9 Å². The van der Waals surface area contributed by atoms with Gasteiger partial charge in [-0.25, -0.2) is 4.98 Å². The number of aromatic nitrogens is 2. The number of hydrogen-bond donors (Lipinski definition) is 1. The molecular weight excluding hydrogens is 370 g/mol. The molecule has 0 spiro atoms. The predicted molar refractivity (Wildman–Crippen MR) is 98.4 cm³/mol. The van der Waals surface area contributed by atoms with Crippen molar-refractivity contribution in [1.29, 1.82) is 0 Å². The fourth-order valence-corrected chi connectivity index (χ4v) is 2.95. The molecule has 0 aliphatic carbocycles. The van der Waals surface area contributed by atoms with Gasteiger partial charge in [0.2, 0.25) is 0 Å². The minimum atomic E-state index is -0.716. The van der Waals surface area contributed by atoms with Gasteiger partial charge < -0.3 is 4.74 Å². The maximum atomic E-state index is 12.3. The van der Waals surface area contributed by atoms with Gasteiger partial charge in [-0.3, -0.25) is 29.1 Å². The highest BCUT2D eigenvalue weighted by Crippen LogP contribution is 2.07. The van der Waals surface area contributed by atoms with E-state index < -0.39 is 24.4 Å². The van der Waals surface area contributed by atoms with Crippen LogP contribution in [-0.4, -0.2) is 33.9 Å². The van der Waals surface area contributed by atoms with Crippen molar-refractivity contribution in [3.05, 3.63) is 63.3 Å². The standard InChI is InChI=1S/C18H15N3O5S/c22-15(20-17(24)14-6-3-9-27-14)10-26-16(23)7-8-21-11-19-13-5-2-1-4-12(13)18(21)25/h1-6,9,11H,7-8,10H2,(H,20,22,24). The lowest BCUT2D eigenvalue weighted by Crippen LogP contribution is -2.33. The molecule has 0 atom stereocenters. The Morgan fingerprint density at radius 1 is 1.15 bits per heavy atom. The molecule has 0 unspecified atom stereocenters. The van der Waals surface area contributed by atoms with Crippen LogP contribution in [0.3, 0.4) is 0 Å². The first kappa shape index (κ1) is 18.5. The third kappa shape index (κ3) is 4.64. The molecule has 3 rings (SSSR count). The van der Waals surface area contributed by atoms with E-state index in [9.17, 15) is 19.2 Å².